The van der Waals surface area contributed by atoms with Gasteiger partial charge in [0.1, 0.15) is 5.75 Å². The SMILES string of the molecule is CC(=O)c1ccc(CCNC(=O)COc2ccccc2C)s1. The standard InChI is InChI=1S/C17H19NO3S/c1-12-5-3-4-6-15(12)21-11-17(20)18-10-9-14-7-8-16(22-14)13(2)19/h3-8H,9-11H2,1-2H3,(H,18,20). The van der Waals surface area contributed by atoms with Crippen molar-refractivity contribution in [1.29, 1.82) is 0 Å². The number of hydrogen-bond acceptors (Lipinski definition) is 4. The molecule has 0 saturated heterocycles. The summed E-state index contributed by atoms with van der Waals surface area (Å²) in [6, 6.07) is 11.3. The zero-order valence-corrected chi connectivity index (χ0v) is 13.5. The van der Waals surface area contributed by atoms with Crippen molar-refractivity contribution in [2.24, 2.45) is 0 Å². The molecular weight excluding hydrogens is 298 g/mol. The minimum atomic E-state index is -0.147. The molecule has 0 spiro atoms. The molecule has 0 atom stereocenters. The fourth-order valence-electron chi connectivity index (χ4n) is 1.94. The highest BCUT2D eigenvalue weighted by Crippen LogP contribution is 2.17. The predicted molar refractivity (Wildman–Crippen MR) is 87.7 cm³/mol. The molecule has 1 amide bonds. The van der Waals surface area contributed by atoms with E-state index in [1.165, 1.54) is 11.3 Å². The van der Waals surface area contributed by atoms with Crippen molar-refractivity contribution < 1.29 is 14.3 Å². The Morgan fingerprint density at radius 2 is 1.95 bits per heavy atom. The number of ketones is 1. The maximum absolute atomic E-state index is 11.7. The van der Waals surface area contributed by atoms with Gasteiger partial charge in [0, 0.05) is 11.4 Å². The van der Waals surface area contributed by atoms with Gasteiger partial charge in [0.05, 0.1) is 4.88 Å². The van der Waals surface area contributed by atoms with Crippen molar-refractivity contribution in [3.63, 3.8) is 0 Å². The molecule has 1 aromatic carbocycles. The summed E-state index contributed by atoms with van der Waals surface area (Å²) in [7, 11) is 0. The van der Waals surface area contributed by atoms with Gasteiger partial charge in [0.25, 0.3) is 5.91 Å². The molecule has 2 rings (SSSR count). The lowest BCUT2D eigenvalue weighted by Gasteiger charge is -2.09. The Balaban J connectivity index is 1.71. The van der Waals surface area contributed by atoms with E-state index in [1.54, 1.807) is 6.92 Å². The van der Waals surface area contributed by atoms with E-state index < -0.39 is 0 Å². The van der Waals surface area contributed by atoms with Crippen LogP contribution in [0.25, 0.3) is 0 Å². The summed E-state index contributed by atoms with van der Waals surface area (Å²) in [5.74, 6) is 0.653. The summed E-state index contributed by atoms with van der Waals surface area (Å²) in [5, 5.41) is 2.82. The van der Waals surface area contributed by atoms with E-state index in [9.17, 15) is 9.59 Å². The van der Waals surface area contributed by atoms with E-state index in [-0.39, 0.29) is 18.3 Å². The molecule has 2 aromatic rings. The third-order valence-electron chi connectivity index (χ3n) is 3.15. The maximum atomic E-state index is 11.7. The molecule has 0 aliphatic heterocycles. The van der Waals surface area contributed by atoms with Crippen LogP contribution in [0.15, 0.2) is 36.4 Å². The van der Waals surface area contributed by atoms with Crippen LogP contribution in [0, 0.1) is 6.92 Å². The highest BCUT2D eigenvalue weighted by Gasteiger charge is 2.06. The number of hydrogen-bond donors (Lipinski definition) is 1. The van der Waals surface area contributed by atoms with Gasteiger partial charge in [-0.2, -0.15) is 0 Å². The molecule has 0 aliphatic carbocycles. The van der Waals surface area contributed by atoms with Crippen molar-refractivity contribution in [3.05, 3.63) is 51.7 Å². The summed E-state index contributed by atoms with van der Waals surface area (Å²) in [4.78, 5) is 24.8. The Kier molecular flexibility index (Phi) is 5.72. The second-order valence-corrected chi connectivity index (χ2v) is 6.14. The molecule has 1 aromatic heterocycles. The molecule has 1 heterocycles. The predicted octanol–water partition coefficient (Wildman–Crippen LogP) is 3.00. The normalized spacial score (nSPS) is 10.3. The summed E-state index contributed by atoms with van der Waals surface area (Å²) >= 11 is 1.47. The second-order valence-electron chi connectivity index (χ2n) is 4.98. The van der Waals surface area contributed by atoms with Crippen molar-refractivity contribution in [3.8, 4) is 5.75 Å². The number of thiophene rings is 1. The Morgan fingerprint density at radius 3 is 2.64 bits per heavy atom. The molecule has 4 nitrogen and oxygen atoms in total. The number of benzene rings is 1. The second kappa shape index (κ2) is 7.75. The summed E-state index contributed by atoms with van der Waals surface area (Å²) in [5.41, 5.74) is 1.01. The number of Topliss-reactive ketones (excluding diaryl/α,β-unsaturated/α-hetero) is 1. The lowest BCUT2D eigenvalue weighted by Crippen LogP contribution is -2.30. The number of para-hydroxylation sites is 1. The van der Waals surface area contributed by atoms with Crippen LogP contribution in [-0.2, 0) is 11.2 Å². The Hall–Kier alpha value is -2.14. The van der Waals surface area contributed by atoms with Crippen molar-refractivity contribution in [1.82, 2.24) is 5.32 Å². The minimum Gasteiger partial charge on any atom is -0.484 e. The van der Waals surface area contributed by atoms with Gasteiger partial charge in [0.2, 0.25) is 0 Å². The van der Waals surface area contributed by atoms with Crippen LogP contribution in [0.1, 0.15) is 27.0 Å². The molecule has 0 saturated carbocycles. The van der Waals surface area contributed by atoms with Gasteiger partial charge in [-0.3, -0.25) is 9.59 Å². The van der Waals surface area contributed by atoms with Crippen molar-refractivity contribution >= 4 is 23.0 Å². The average molecular weight is 317 g/mol. The zero-order chi connectivity index (χ0) is 15.9. The first-order chi connectivity index (χ1) is 10.6. The summed E-state index contributed by atoms with van der Waals surface area (Å²) in [6.07, 6.45) is 0.716. The first-order valence-corrected chi connectivity index (χ1v) is 7.92. The van der Waals surface area contributed by atoms with E-state index >= 15 is 0 Å². The van der Waals surface area contributed by atoms with Gasteiger partial charge >= 0.3 is 0 Å². The van der Waals surface area contributed by atoms with Gasteiger partial charge in [-0.1, -0.05) is 18.2 Å². The van der Waals surface area contributed by atoms with E-state index in [1.807, 2.05) is 43.3 Å². The highest BCUT2D eigenvalue weighted by molar-refractivity contribution is 7.14. The lowest BCUT2D eigenvalue weighted by molar-refractivity contribution is -0.123. The number of amides is 1. The fourth-order valence-corrected chi connectivity index (χ4v) is 2.84. The Morgan fingerprint density at radius 1 is 1.18 bits per heavy atom. The molecule has 0 radical (unpaired) electrons. The average Bonchev–Trinajstić information content (AvgIpc) is 2.95. The van der Waals surface area contributed by atoms with Crippen LogP contribution in [0.4, 0.5) is 0 Å². The van der Waals surface area contributed by atoms with Gasteiger partial charge in [-0.05, 0) is 44.0 Å². The van der Waals surface area contributed by atoms with Crippen LogP contribution >= 0.6 is 11.3 Å². The molecule has 0 bridgehead atoms. The minimum absolute atomic E-state index is 0.00793. The number of carbonyl (C=O) groups is 2. The quantitative estimate of drug-likeness (QED) is 0.799. The van der Waals surface area contributed by atoms with Crippen molar-refractivity contribution in [2.75, 3.05) is 13.2 Å². The first-order valence-electron chi connectivity index (χ1n) is 7.11. The molecule has 1 N–H and O–H groups in total. The maximum Gasteiger partial charge on any atom is 0.257 e. The number of carbonyl (C=O) groups excluding carboxylic acids is 2. The van der Waals surface area contributed by atoms with Gasteiger partial charge in [0.15, 0.2) is 12.4 Å². The Bertz CT molecular complexity index is 663. The molecule has 0 aliphatic rings. The van der Waals surface area contributed by atoms with Gasteiger partial charge < -0.3 is 10.1 Å². The number of ether oxygens (including phenoxy) is 1. The largest absolute Gasteiger partial charge is 0.484 e. The smallest absolute Gasteiger partial charge is 0.257 e. The van der Waals surface area contributed by atoms with Crippen LogP contribution in [0.2, 0.25) is 0 Å². The van der Waals surface area contributed by atoms with Crippen LogP contribution in [-0.4, -0.2) is 24.8 Å². The van der Waals surface area contributed by atoms with Gasteiger partial charge in [-0.15, -0.1) is 11.3 Å². The topological polar surface area (TPSA) is 55.4 Å². The first kappa shape index (κ1) is 16.2. The van der Waals surface area contributed by atoms with Crippen LogP contribution in [0.3, 0.4) is 0 Å². The number of rotatable bonds is 7. The molecular formula is C17H19NO3S. The van der Waals surface area contributed by atoms with Gasteiger partial charge in [-0.25, -0.2) is 0 Å². The van der Waals surface area contributed by atoms with E-state index in [4.69, 9.17) is 4.74 Å². The summed E-state index contributed by atoms with van der Waals surface area (Å²) in [6.45, 7) is 4.04. The zero-order valence-electron chi connectivity index (χ0n) is 12.7. The number of nitrogens with one attached hydrogen (secondary N) is 1. The monoisotopic (exact) mass is 317 g/mol. The van der Waals surface area contributed by atoms with E-state index in [0.717, 1.165) is 21.1 Å². The van der Waals surface area contributed by atoms with Crippen molar-refractivity contribution in [2.45, 2.75) is 20.3 Å². The fraction of sp³-hybridized carbons (Fsp3) is 0.294. The third-order valence-corrected chi connectivity index (χ3v) is 4.40. The van der Waals surface area contributed by atoms with E-state index in [2.05, 4.69) is 5.32 Å². The molecule has 22 heavy (non-hydrogen) atoms. The molecule has 5 heteroatoms. The van der Waals surface area contributed by atoms with Crippen LogP contribution in [0.5, 0.6) is 5.75 Å². The van der Waals surface area contributed by atoms with E-state index in [0.29, 0.717) is 13.0 Å². The number of aryl methyl sites for hydroxylation is 1. The van der Waals surface area contributed by atoms with Crippen LogP contribution < -0.4 is 10.1 Å². The molecule has 0 unspecified atom stereocenters. The Labute approximate surface area is 134 Å². The molecule has 116 valence electrons. The third kappa shape index (κ3) is 4.70. The molecule has 0 fully saturated rings. The highest BCUT2D eigenvalue weighted by atomic mass is 32.1. The lowest BCUT2D eigenvalue weighted by atomic mass is 10.2. The summed E-state index contributed by atoms with van der Waals surface area (Å²) < 4.78 is 5.48.